The van der Waals surface area contributed by atoms with Gasteiger partial charge in [0.15, 0.2) is 0 Å². The Morgan fingerprint density at radius 2 is 1.76 bits per heavy atom. The van der Waals surface area contributed by atoms with Crippen LogP contribution in [0.3, 0.4) is 0 Å². The van der Waals surface area contributed by atoms with Crippen molar-refractivity contribution in [2.75, 3.05) is 31.1 Å². The van der Waals surface area contributed by atoms with Gasteiger partial charge in [-0.1, -0.05) is 0 Å². The molecule has 0 amide bonds. The number of hydrogen-bond acceptors (Lipinski definition) is 3. The molecule has 0 spiro atoms. The Kier molecular flexibility index (Phi) is 3.58. The molecule has 1 aliphatic rings. The van der Waals surface area contributed by atoms with Gasteiger partial charge < -0.3 is 10.0 Å². The molecule has 91 valence electrons. The second-order valence-corrected chi connectivity index (χ2v) is 3.97. The summed E-state index contributed by atoms with van der Waals surface area (Å²) in [5, 5.41) is 8.63. The number of benzene rings is 1. The molecule has 0 saturated carbocycles. The summed E-state index contributed by atoms with van der Waals surface area (Å²) in [6, 6.07) is 6.36. The van der Waals surface area contributed by atoms with Gasteiger partial charge in [0, 0.05) is 31.9 Å². The van der Waals surface area contributed by atoms with Crippen LogP contribution in [0.1, 0.15) is 0 Å². The molecule has 2 rings (SSSR count). The Balaban J connectivity index is 1.90. The van der Waals surface area contributed by atoms with Crippen LogP contribution in [0, 0.1) is 12.4 Å². The van der Waals surface area contributed by atoms with Crippen LogP contribution >= 0.6 is 0 Å². The summed E-state index contributed by atoms with van der Waals surface area (Å²) in [5.74, 6) is -1.16. The van der Waals surface area contributed by atoms with Crippen molar-refractivity contribution in [3.63, 3.8) is 0 Å². The van der Waals surface area contributed by atoms with Gasteiger partial charge >= 0.3 is 5.97 Å². The van der Waals surface area contributed by atoms with Gasteiger partial charge in [-0.15, -0.1) is 0 Å². The summed E-state index contributed by atoms with van der Waals surface area (Å²) < 4.78 is 12.8. The topological polar surface area (TPSA) is 43.8 Å². The number of halogens is 1. The van der Waals surface area contributed by atoms with Gasteiger partial charge in [-0.05, 0) is 24.3 Å². The molecule has 0 aliphatic carbocycles. The minimum absolute atomic E-state index is 0.244. The van der Waals surface area contributed by atoms with Gasteiger partial charge in [0.2, 0.25) is 0 Å². The minimum Gasteiger partial charge on any atom is -0.480 e. The number of nitrogens with zero attached hydrogens (tertiary/aromatic N) is 2. The van der Waals surface area contributed by atoms with E-state index in [1.165, 1.54) is 18.7 Å². The first-order valence-electron chi connectivity index (χ1n) is 5.47. The van der Waals surface area contributed by atoms with Crippen LogP contribution < -0.4 is 4.90 Å². The van der Waals surface area contributed by atoms with E-state index in [-0.39, 0.29) is 5.82 Å². The molecule has 1 saturated heterocycles. The maximum atomic E-state index is 12.8. The zero-order chi connectivity index (χ0) is 12.3. The maximum absolute atomic E-state index is 12.8. The van der Waals surface area contributed by atoms with Crippen molar-refractivity contribution in [2.45, 2.75) is 0 Å². The van der Waals surface area contributed by atoms with Crippen LogP contribution in [0.15, 0.2) is 24.3 Å². The van der Waals surface area contributed by atoms with Crippen LogP contribution in [-0.2, 0) is 4.79 Å². The number of hydrogen-bond donors (Lipinski definition) is 1. The molecular weight excluding hydrogens is 223 g/mol. The molecule has 4 nitrogen and oxygen atoms in total. The predicted octanol–water partition coefficient (Wildman–Crippen LogP) is 1.19. The van der Waals surface area contributed by atoms with E-state index in [2.05, 4.69) is 4.90 Å². The van der Waals surface area contributed by atoms with E-state index in [4.69, 9.17) is 5.11 Å². The maximum Gasteiger partial charge on any atom is 0.323 e. The Morgan fingerprint density at radius 3 is 2.29 bits per heavy atom. The number of carboxylic acids is 1. The Labute approximate surface area is 99.3 Å². The molecular formula is C12H14FN2O2. The van der Waals surface area contributed by atoms with E-state index in [1.54, 1.807) is 17.0 Å². The fourth-order valence-electron chi connectivity index (χ4n) is 1.92. The van der Waals surface area contributed by atoms with Gasteiger partial charge in [-0.3, -0.25) is 9.69 Å². The zero-order valence-electron chi connectivity index (χ0n) is 9.34. The standard InChI is InChI=1S/C12H14FN2O2/c13-10-1-3-11(4-2-10)15-7-5-14(6-8-15)9-12(16)17/h1-4,9H,5-8H2,(H,16,17). The molecule has 0 atom stereocenters. The Bertz CT molecular complexity index is 386. The summed E-state index contributed by atoms with van der Waals surface area (Å²) >= 11 is 0. The van der Waals surface area contributed by atoms with Crippen LogP contribution in [0.5, 0.6) is 0 Å². The third-order valence-corrected chi connectivity index (χ3v) is 2.80. The highest BCUT2D eigenvalue weighted by molar-refractivity contribution is 5.76. The lowest BCUT2D eigenvalue weighted by molar-refractivity contribution is -0.135. The average Bonchev–Trinajstić information content (AvgIpc) is 2.30. The lowest BCUT2D eigenvalue weighted by Crippen LogP contribution is -2.46. The number of carboxylic acid groups (broad SMARTS) is 1. The van der Waals surface area contributed by atoms with Crippen molar-refractivity contribution in [3.05, 3.63) is 36.6 Å². The van der Waals surface area contributed by atoms with Crippen LogP contribution in [0.4, 0.5) is 10.1 Å². The highest BCUT2D eigenvalue weighted by atomic mass is 19.1. The molecule has 1 radical (unpaired) electrons. The molecule has 17 heavy (non-hydrogen) atoms. The van der Waals surface area contributed by atoms with Crippen LogP contribution in [-0.4, -0.2) is 42.2 Å². The molecule has 1 aromatic carbocycles. The summed E-state index contributed by atoms with van der Waals surface area (Å²) in [6.07, 6.45) is 0. The van der Waals surface area contributed by atoms with Gasteiger partial charge in [0.05, 0.1) is 0 Å². The minimum atomic E-state index is -0.916. The van der Waals surface area contributed by atoms with Crippen molar-refractivity contribution >= 4 is 11.7 Å². The quantitative estimate of drug-likeness (QED) is 0.857. The molecule has 1 heterocycles. The second-order valence-electron chi connectivity index (χ2n) is 3.97. The largest absolute Gasteiger partial charge is 0.480 e. The lowest BCUT2D eigenvalue weighted by atomic mass is 10.2. The number of carbonyl (C=O) groups is 1. The summed E-state index contributed by atoms with van der Waals surface area (Å²) in [6.45, 7) is 4.04. The zero-order valence-corrected chi connectivity index (χ0v) is 9.34. The van der Waals surface area contributed by atoms with Crippen LogP contribution in [0.2, 0.25) is 0 Å². The highest BCUT2D eigenvalue weighted by Gasteiger charge is 2.19. The Morgan fingerprint density at radius 1 is 1.18 bits per heavy atom. The van der Waals surface area contributed by atoms with Gasteiger partial charge in [0.1, 0.15) is 12.4 Å². The highest BCUT2D eigenvalue weighted by Crippen LogP contribution is 2.17. The van der Waals surface area contributed by atoms with Crippen molar-refractivity contribution in [1.82, 2.24) is 4.90 Å². The smallest absolute Gasteiger partial charge is 0.323 e. The van der Waals surface area contributed by atoms with Gasteiger partial charge in [-0.25, -0.2) is 4.39 Å². The molecule has 1 N–H and O–H groups in total. The number of anilines is 1. The molecule has 0 bridgehead atoms. The SMILES string of the molecule is O=C(O)[CH]N1CCN(c2ccc(F)cc2)CC1. The molecule has 0 aromatic heterocycles. The van der Waals surface area contributed by atoms with E-state index in [1.807, 2.05) is 0 Å². The van der Waals surface area contributed by atoms with E-state index in [9.17, 15) is 9.18 Å². The van der Waals surface area contributed by atoms with Crippen molar-refractivity contribution < 1.29 is 14.3 Å². The van der Waals surface area contributed by atoms with Gasteiger partial charge in [0.25, 0.3) is 0 Å². The van der Waals surface area contributed by atoms with Crippen molar-refractivity contribution in [2.24, 2.45) is 0 Å². The molecule has 1 aromatic rings. The monoisotopic (exact) mass is 237 g/mol. The first-order chi connectivity index (χ1) is 8.15. The first kappa shape index (κ1) is 11.9. The fraction of sp³-hybridized carbons (Fsp3) is 0.333. The fourth-order valence-corrected chi connectivity index (χ4v) is 1.92. The van der Waals surface area contributed by atoms with E-state index in [0.29, 0.717) is 13.1 Å². The summed E-state index contributed by atoms with van der Waals surface area (Å²) in [4.78, 5) is 14.4. The molecule has 5 heteroatoms. The molecule has 1 fully saturated rings. The van der Waals surface area contributed by atoms with E-state index < -0.39 is 5.97 Å². The van der Waals surface area contributed by atoms with Crippen molar-refractivity contribution in [1.29, 1.82) is 0 Å². The normalized spacial score (nSPS) is 17.1. The molecule has 0 unspecified atom stereocenters. The first-order valence-corrected chi connectivity index (χ1v) is 5.47. The lowest BCUT2D eigenvalue weighted by Gasteiger charge is -2.35. The van der Waals surface area contributed by atoms with E-state index >= 15 is 0 Å². The Hall–Kier alpha value is -1.62. The summed E-state index contributed by atoms with van der Waals surface area (Å²) in [5.41, 5.74) is 0.973. The number of aliphatic carboxylic acids is 1. The number of rotatable bonds is 3. The second kappa shape index (κ2) is 5.14. The third kappa shape index (κ3) is 3.17. The summed E-state index contributed by atoms with van der Waals surface area (Å²) in [7, 11) is 0. The number of piperazine rings is 1. The van der Waals surface area contributed by atoms with Crippen molar-refractivity contribution in [3.8, 4) is 0 Å². The molecule has 1 aliphatic heterocycles. The van der Waals surface area contributed by atoms with Gasteiger partial charge in [-0.2, -0.15) is 0 Å². The third-order valence-electron chi connectivity index (χ3n) is 2.80. The van der Waals surface area contributed by atoms with Crippen LogP contribution in [0.25, 0.3) is 0 Å². The average molecular weight is 237 g/mol. The van der Waals surface area contributed by atoms with E-state index in [0.717, 1.165) is 18.8 Å². The predicted molar refractivity (Wildman–Crippen MR) is 62.1 cm³/mol.